The fourth-order valence-corrected chi connectivity index (χ4v) is 1.88. The summed E-state index contributed by atoms with van der Waals surface area (Å²) >= 11 is 0. The van der Waals surface area contributed by atoms with Crippen molar-refractivity contribution < 1.29 is 9.90 Å². The van der Waals surface area contributed by atoms with Crippen molar-refractivity contribution >= 4 is 5.78 Å². The number of hydrogen-bond acceptors (Lipinski definition) is 2. The molecule has 2 heteroatoms. The molecule has 0 bridgehead atoms. The zero-order valence-corrected chi connectivity index (χ0v) is 7.81. The maximum atomic E-state index is 11.1. The molecule has 0 spiro atoms. The van der Waals surface area contributed by atoms with Crippen LogP contribution in [0.25, 0.3) is 0 Å². The summed E-state index contributed by atoms with van der Waals surface area (Å²) in [6, 6.07) is 0. The van der Waals surface area contributed by atoms with E-state index in [9.17, 15) is 9.90 Å². The van der Waals surface area contributed by atoms with Crippen molar-refractivity contribution in [3.63, 3.8) is 0 Å². The number of ketones is 1. The lowest BCUT2D eigenvalue weighted by molar-refractivity contribution is -0.125. The fourth-order valence-electron chi connectivity index (χ4n) is 1.88. The predicted octanol–water partition coefficient (Wildman–Crippen LogP) is 2.05. The molecule has 1 aliphatic rings. The summed E-state index contributed by atoms with van der Waals surface area (Å²) in [5, 5.41) is 9.95. The van der Waals surface area contributed by atoms with Gasteiger partial charge in [0.1, 0.15) is 5.78 Å². The smallest absolute Gasteiger partial charge is 0.135 e. The molecule has 1 aliphatic carbocycles. The Kier molecular flexibility index (Phi) is 3.27. The molecule has 1 N–H and O–H groups in total. The third-order valence-corrected chi connectivity index (χ3v) is 2.70. The van der Waals surface area contributed by atoms with Gasteiger partial charge in [0.2, 0.25) is 0 Å². The number of rotatable bonds is 3. The number of Topliss-reactive ketones (excluding diaryl/α,β-unsaturated/α-hetero) is 1. The van der Waals surface area contributed by atoms with Gasteiger partial charge in [-0.1, -0.05) is 26.2 Å². The van der Waals surface area contributed by atoms with Gasteiger partial charge in [-0.15, -0.1) is 0 Å². The average Bonchev–Trinajstić information content (AvgIpc) is 2.05. The molecule has 0 radical (unpaired) electrons. The summed E-state index contributed by atoms with van der Waals surface area (Å²) in [6.45, 7) is 1.86. The van der Waals surface area contributed by atoms with Gasteiger partial charge in [-0.2, -0.15) is 0 Å². The molecule has 0 heterocycles. The number of carbonyl (C=O) groups excluding carboxylic acids is 1. The van der Waals surface area contributed by atoms with Crippen molar-refractivity contribution in [2.24, 2.45) is 0 Å². The van der Waals surface area contributed by atoms with Crippen LogP contribution in [0.3, 0.4) is 0 Å². The second-order valence-corrected chi connectivity index (χ2v) is 3.85. The molecule has 0 aliphatic heterocycles. The van der Waals surface area contributed by atoms with E-state index in [1.807, 2.05) is 6.92 Å². The molecule has 1 fully saturated rings. The zero-order chi connectivity index (χ0) is 9.03. The van der Waals surface area contributed by atoms with E-state index in [1.165, 1.54) is 6.42 Å². The molecule has 0 unspecified atom stereocenters. The molecule has 0 amide bonds. The van der Waals surface area contributed by atoms with Crippen molar-refractivity contribution in [1.29, 1.82) is 0 Å². The third-order valence-electron chi connectivity index (χ3n) is 2.70. The molecule has 0 aromatic carbocycles. The van der Waals surface area contributed by atoms with Crippen LogP contribution >= 0.6 is 0 Å². The van der Waals surface area contributed by atoms with Crippen LogP contribution in [0, 0.1) is 0 Å². The van der Waals surface area contributed by atoms with Crippen molar-refractivity contribution in [2.75, 3.05) is 0 Å². The monoisotopic (exact) mass is 170 g/mol. The highest BCUT2D eigenvalue weighted by Crippen LogP contribution is 2.31. The van der Waals surface area contributed by atoms with Gasteiger partial charge in [0.05, 0.1) is 5.60 Å². The Hall–Kier alpha value is -0.370. The first kappa shape index (κ1) is 9.72. The van der Waals surface area contributed by atoms with Crippen molar-refractivity contribution in [2.45, 2.75) is 57.5 Å². The predicted molar refractivity (Wildman–Crippen MR) is 47.9 cm³/mol. The highest BCUT2D eigenvalue weighted by molar-refractivity contribution is 5.79. The van der Waals surface area contributed by atoms with Gasteiger partial charge in [0.15, 0.2) is 0 Å². The van der Waals surface area contributed by atoms with Crippen LogP contribution in [0.5, 0.6) is 0 Å². The fraction of sp³-hybridized carbons (Fsp3) is 0.900. The molecule has 1 saturated carbocycles. The molecule has 0 aromatic rings. The number of aliphatic hydroxyl groups is 1. The number of hydrogen-bond donors (Lipinski definition) is 1. The normalized spacial score (nSPS) is 22.2. The second kappa shape index (κ2) is 4.04. The number of carbonyl (C=O) groups is 1. The van der Waals surface area contributed by atoms with Crippen molar-refractivity contribution in [3.05, 3.63) is 0 Å². The molecule has 0 aromatic heterocycles. The lowest BCUT2D eigenvalue weighted by Gasteiger charge is -2.31. The lowest BCUT2D eigenvalue weighted by atomic mass is 9.81. The molecule has 0 saturated heterocycles. The van der Waals surface area contributed by atoms with E-state index in [0.717, 1.165) is 25.7 Å². The van der Waals surface area contributed by atoms with Gasteiger partial charge in [-0.05, 0) is 12.8 Å². The van der Waals surface area contributed by atoms with Crippen molar-refractivity contribution in [3.8, 4) is 0 Å². The van der Waals surface area contributed by atoms with Gasteiger partial charge >= 0.3 is 0 Å². The van der Waals surface area contributed by atoms with Gasteiger partial charge in [0, 0.05) is 12.8 Å². The molecule has 12 heavy (non-hydrogen) atoms. The summed E-state index contributed by atoms with van der Waals surface area (Å²) in [5.74, 6) is 0.194. The molecule has 1 rings (SSSR count). The van der Waals surface area contributed by atoms with E-state index in [1.54, 1.807) is 0 Å². The Morgan fingerprint density at radius 2 is 1.92 bits per heavy atom. The zero-order valence-electron chi connectivity index (χ0n) is 7.81. The Balaban J connectivity index is 2.41. The topological polar surface area (TPSA) is 37.3 Å². The Morgan fingerprint density at radius 3 is 2.42 bits per heavy atom. The Bertz CT molecular complexity index is 157. The highest BCUT2D eigenvalue weighted by atomic mass is 16.3. The first-order valence-corrected chi connectivity index (χ1v) is 4.90. The minimum atomic E-state index is -0.647. The summed E-state index contributed by atoms with van der Waals surface area (Å²) < 4.78 is 0. The first-order valence-electron chi connectivity index (χ1n) is 4.90. The van der Waals surface area contributed by atoms with E-state index in [4.69, 9.17) is 0 Å². The van der Waals surface area contributed by atoms with E-state index in [-0.39, 0.29) is 5.78 Å². The maximum Gasteiger partial charge on any atom is 0.135 e. The lowest BCUT2D eigenvalue weighted by Crippen LogP contribution is -2.33. The quantitative estimate of drug-likeness (QED) is 0.703. The Labute approximate surface area is 74.0 Å². The minimum Gasteiger partial charge on any atom is -0.389 e. The standard InChI is InChI=1S/C10H18O2/c1-2-9(11)8-10(12)6-4-3-5-7-10/h12H,2-8H2,1H3. The van der Waals surface area contributed by atoms with Crippen LogP contribution in [0.15, 0.2) is 0 Å². The average molecular weight is 170 g/mol. The van der Waals surface area contributed by atoms with Crippen LogP contribution in [0.2, 0.25) is 0 Å². The molecular formula is C10H18O2. The van der Waals surface area contributed by atoms with E-state index >= 15 is 0 Å². The maximum absolute atomic E-state index is 11.1. The van der Waals surface area contributed by atoms with Crippen LogP contribution < -0.4 is 0 Å². The highest BCUT2D eigenvalue weighted by Gasteiger charge is 2.30. The molecule has 2 nitrogen and oxygen atoms in total. The van der Waals surface area contributed by atoms with Gasteiger partial charge in [-0.3, -0.25) is 4.79 Å². The first-order chi connectivity index (χ1) is 5.66. The SMILES string of the molecule is CCC(=O)CC1(O)CCCCC1. The van der Waals surface area contributed by atoms with Gasteiger partial charge < -0.3 is 5.11 Å². The van der Waals surface area contributed by atoms with Gasteiger partial charge in [-0.25, -0.2) is 0 Å². The second-order valence-electron chi connectivity index (χ2n) is 3.85. The molecular weight excluding hydrogens is 152 g/mol. The molecule has 0 atom stereocenters. The van der Waals surface area contributed by atoms with E-state index in [0.29, 0.717) is 12.8 Å². The van der Waals surface area contributed by atoms with Crippen LogP contribution in [-0.2, 0) is 4.79 Å². The summed E-state index contributed by atoms with van der Waals surface area (Å²) in [5.41, 5.74) is -0.647. The van der Waals surface area contributed by atoms with Crippen LogP contribution in [0.1, 0.15) is 51.9 Å². The summed E-state index contributed by atoms with van der Waals surface area (Å²) in [7, 11) is 0. The minimum absolute atomic E-state index is 0.194. The van der Waals surface area contributed by atoms with Crippen molar-refractivity contribution in [1.82, 2.24) is 0 Å². The van der Waals surface area contributed by atoms with E-state index in [2.05, 4.69) is 0 Å². The summed E-state index contributed by atoms with van der Waals surface area (Å²) in [6.07, 6.45) is 5.94. The van der Waals surface area contributed by atoms with Crippen LogP contribution in [0.4, 0.5) is 0 Å². The third kappa shape index (κ3) is 2.59. The van der Waals surface area contributed by atoms with Crippen LogP contribution in [-0.4, -0.2) is 16.5 Å². The molecule has 70 valence electrons. The Morgan fingerprint density at radius 1 is 1.33 bits per heavy atom. The largest absolute Gasteiger partial charge is 0.389 e. The van der Waals surface area contributed by atoms with Gasteiger partial charge in [0.25, 0.3) is 0 Å². The summed E-state index contributed by atoms with van der Waals surface area (Å²) in [4.78, 5) is 11.1. The van der Waals surface area contributed by atoms with E-state index < -0.39 is 5.60 Å².